The van der Waals surface area contributed by atoms with Crippen molar-refractivity contribution in [3.8, 4) is 22.6 Å². The molecule has 0 aliphatic heterocycles. The van der Waals surface area contributed by atoms with E-state index in [1.165, 1.54) is 34.4 Å². The normalized spacial score (nSPS) is 12.7. The Morgan fingerprint density at radius 2 is 0.863 bits per heavy atom. The van der Waals surface area contributed by atoms with Crippen molar-refractivity contribution in [3.63, 3.8) is 0 Å². The van der Waals surface area contributed by atoms with Crippen LogP contribution < -0.4 is 20.1 Å². The summed E-state index contributed by atoms with van der Waals surface area (Å²) >= 11 is 0. The molecule has 1 aliphatic carbocycles. The molecule has 0 fully saturated rings. The highest BCUT2D eigenvalue weighted by Crippen LogP contribution is 2.56. The average molecular weight is 669 g/mol. The number of benzene rings is 6. The van der Waals surface area contributed by atoms with Gasteiger partial charge in [0.05, 0.1) is 19.6 Å². The van der Waals surface area contributed by atoms with Crippen molar-refractivity contribution in [3.05, 3.63) is 191 Å². The molecular weight excluding hydrogens is 633 g/mol. The van der Waals surface area contributed by atoms with E-state index in [-0.39, 0.29) is 11.8 Å². The molecule has 0 saturated heterocycles. The third-order valence-electron chi connectivity index (χ3n) is 9.21. The number of ether oxygens (including phenoxy) is 2. The maximum absolute atomic E-state index is 12.8. The number of methoxy groups -OCH3 is 2. The minimum Gasteiger partial charge on any atom is -0.497 e. The third-order valence-corrected chi connectivity index (χ3v) is 9.21. The van der Waals surface area contributed by atoms with E-state index in [9.17, 15) is 9.59 Å². The van der Waals surface area contributed by atoms with Crippen molar-refractivity contribution in [1.82, 2.24) is 0 Å². The van der Waals surface area contributed by atoms with Crippen LogP contribution in [0.3, 0.4) is 0 Å². The second-order valence-corrected chi connectivity index (χ2v) is 12.2. The van der Waals surface area contributed by atoms with Crippen LogP contribution in [0.1, 0.15) is 33.4 Å². The Morgan fingerprint density at radius 1 is 0.490 bits per heavy atom. The lowest BCUT2D eigenvalue weighted by atomic mass is 9.67. The predicted molar refractivity (Wildman–Crippen MR) is 205 cm³/mol. The van der Waals surface area contributed by atoms with E-state index >= 15 is 0 Å². The van der Waals surface area contributed by atoms with Gasteiger partial charge in [-0.1, -0.05) is 97.1 Å². The first kappa shape index (κ1) is 32.9. The first-order chi connectivity index (χ1) is 25.0. The van der Waals surface area contributed by atoms with Gasteiger partial charge in [-0.25, -0.2) is 0 Å². The van der Waals surface area contributed by atoms with E-state index in [1.807, 2.05) is 72.8 Å². The highest BCUT2D eigenvalue weighted by atomic mass is 16.5. The van der Waals surface area contributed by atoms with Crippen LogP contribution in [0.15, 0.2) is 158 Å². The van der Waals surface area contributed by atoms with Crippen molar-refractivity contribution >= 4 is 35.3 Å². The summed E-state index contributed by atoms with van der Waals surface area (Å²) in [5.74, 6) is 1.08. The molecule has 51 heavy (non-hydrogen) atoms. The molecule has 2 N–H and O–H groups in total. The van der Waals surface area contributed by atoms with Gasteiger partial charge in [-0.15, -0.1) is 0 Å². The molecule has 0 heterocycles. The molecule has 0 bridgehead atoms. The second-order valence-electron chi connectivity index (χ2n) is 12.2. The summed E-state index contributed by atoms with van der Waals surface area (Å²) in [4.78, 5) is 25.7. The number of carbonyl (C=O) groups excluding carboxylic acids is 2. The van der Waals surface area contributed by atoms with Crippen LogP contribution in [0.4, 0.5) is 11.4 Å². The zero-order valence-electron chi connectivity index (χ0n) is 28.3. The number of carbonyl (C=O) groups is 2. The van der Waals surface area contributed by atoms with E-state index < -0.39 is 5.41 Å². The molecule has 6 nitrogen and oxygen atoms in total. The fraction of sp³-hybridized carbons (Fsp3) is 0.0667. The molecule has 0 saturated carbocycles. The number of anilines is 2. The van der Waals surface area contributed by atoms with Gasteiger partial charge < -0.3 is 20.1 Å². The van der Waals surface area contributed by atoms with Gasteiger partial charge in [-0.2, -0.15) is 0 Å². The van der Waals surface area contributed by atoms with Crippen LogP contribution >= 0.6 is 0 Å². The molecule has 0 unspecified atom stereocenters. The van der Waals surface area contributed by atoms with E-state index in [0.29, 0.717) is 11.4 Å². The Morgan fingerprint density at radius 3 is 1.24 bits per heavy atom. The fourth-order valence-corrected chi connectivity index (χ4v) is 6.77. The van der Waals surface area contributed by atoms with Gasteiger partial charge in [0.2, 0.25) is 11.8 Å². The van der Waals surface area contributed by atoms with E-state index in [2.05, 4.69) is 83.4 Å². The summed E-state index contributed by atoms with van der Waals surface area (Å²) in [6.45, 7) is 0. The van der Waals surface area contributed by atoms with Crippen molar-refractivity contribution in [2.75, 3.05) is 24.9 Å². The second kappa shape index (κ2) is 14.4. The van der Waals surface area contributed by atoms with Gasteiger partial charge in [0.1, 0.15) is 11.5 Å². The predicted octanol–water partition coefficient (Wildman–Crippen LogP) is 9.37. The monoisotopic (exact) mass is 668 g/mol. The Kier molecular flexibility index (Phi) is 9.31. The molecule has 250 valence electrons. The molecule has 0 radical (unpaired) electrons. The zero-order chi connectivity index (χ0) is 35.2. The molecular formula is C45H36N2O4. The lowest BCUT2D eigenvalue weighted by Crippen LogP contribution is -2.28. The molecule has 2 amide bonds. The van der Waals surface area contributed by atoms with Crippen LogP contribution in [0.5, 0.6) is 11.5 Å². The number of hydrogen-bond acceptors (Lipinski definition) is 4. The Balaban J connectivity index is 1.17. The summed E-state index contributed by atoms with van der Waals surface area (Å²) < 4.78 is 10.4. The van der Waals surface area contributed by atoms with Gasteiger partial charge in [0.15, 0.2) is 0 Å². The number of amides is 2. The Labute approximate surface area is 297 Å². The smallest absolute Gasteiger partial charge is 0.248 e. The molecule has 1 aliphatic rings. The molecule has 6 heteroatoms. The van der Waals surface area contributed by atoms with Crippen molar-refractivity contribution in [2.45, 2.75) is 5.41 Å². The summed E-state index contributed by atoms with van der Waals surface area (Å²) in [6.07, 6.45) is 6.59. The quantitative estimate of drug-likeness (QED) is 0.143. The summed E-state index contributed by atoms with van der Waals surface area (Å²) in [5, 5.41) is 5.99. The van der Waals surface area contributed by atoms with Crippen LogP contribution in [0, 0.1) is 0 Å². The molecule has 6 aromatic carbocycles. The summed E-state index contributed by atoms with van der Waals surface area (Å²) in [5.41, 5.74) is 9.38. The minimum absolute atomic E-state index is 0.221. The van der Waals surface area contributed by atoms with Crippen molar-refractivity contribution in [2.24, 2.45) is 0 Å². The molecule has 0 spiro atoms. The van der Waals surface area contributed by atoms with Gasteiger partial charge in [-0.05, 0) is 105 Å². The largest absolute Gasteiger partial charge is 0.497 e. The van der Waals surface area contributed by atoms with Crippen LogP contribution in [0.2, 0.25) is 0 Å². The van der Waals surface area contributed by atoms with Crippen molar-refractivity contribution < 1.29 is 19.1 Å². The van der Waals surface area contributed by atoms with Crippen LogP contribution in [-0.2, 0) is 15.0 Å². The molecule has 0 atom stereocenters. The third kappa shape index (κ3) is 6.67. The Hall–Kier alpha value is -6.66. The van der Waals surface area contributed by atoms with E-state index in [0.717, 1.165) is 33.8 Å². The fourth-order valence-electron chi connectivity index (χ4n) is 6.77. The van der Waals surface area contributed by atoms with Gasteiger partial charge in [0.25, 0.3) is 0 Å². The summed E-state index contributed by atoms with van der Waals surface area (Å²) in [6, 6.07) is 48.2. The molecule has 7 rings (SSSR count). The lowest BCUT2D eigenvalue weighted by Gasteiger charge is -2.34. The van der Waals surface area contributed by atoms with Gasteiger partial charge in [0, 0.05) is 23.5 Å². The van der Waals surface area contributed by atoms with Gasteiger partial charge in [-0.3, -0.25) is 9.59 Å². The number of rotatable bonds is 10. The average Bonchev–Trinajstić information content (AvgIpc) is 3.48. The standard InChI is InChI=1S/C45H36N2O4/c1-50-37-25-11-31(12-26-37)15-29-43(48)46-35-21-17-33(18-22-35)45(41-9-5-3-7-39(41)40-8-4-6-10-42(40)45)34-19-23-36(24-20-34)47-44(49)30-16-32-13-27-38(51-2)28-14-32/h3-30H,1-2H3,(H,46,48)(H,47,49). The molecule has 6 aromatic rings. The maximum Gasteiger partial charge on any atom is 0.248 e. The number of nitrogens with one attached hydrogen (secondary N) is 2. The maximum atomic E-state index is 12.8. The zero-order valence-corrected chi connectivity index (χ0v) is 28.3. The van der Waals surface area contributed by atoms with Crippen molar-refractivity contribution in [1.29, 1.82) is 0 Å². The van der Waals surface area contributed by atoms with E-state index in [1.54, 1.807) is 26.4 Å². The highest BCUT2D eigenvalue weighted by molar-refractivity contribution is 6.02. The van der Waals surface area contributed by atoms with E-state index in [4.69, 9.17) is 9.47 Å². The van der Waals surface area contributed by atoms with Crippen LogP contribution in [-0.4, -0.2) is 26.0 Å². The number of fused-ring (bicyclic) bond motifs is 3. The highest BCUT2D eigenvalue weighted by Gasteiger charge is 2.45. The topological polar surface area (TPSA) is 76.7 Å². The van der Waals surface area contributed by atoms with Gasteiger partial charge >= 0.3 is 0 Å². The minimum atomic E-state index is -0.624. The Bertz CT molecular complexity index is 2070. The number of hydrogen-bond donors (Lipinski definition) is 2. The first-order valence-corrected chi connectivity index (χ1v) is 16.6. The van der Waals surface area contributed by atoms with Crippen LogP contribution in [0.25, 0.3) is 23.3 Å². The lowest BCUT2D eigenvalue weighted by molar-refractivity contribution is -0.112. The molecule has 0 aromatic heterocycles. The summed E-state index contributed by atoms with van der Waals surface area (Å²) in [7, 11) is 3.25. The SMILES string of the molecule is COc1ccc(C=CC(=O)Nc2ccc(C3(c4ccc(NC(=O)C=Cc5ccc(OC)cc5)cc4)c4ccccc4-c4ccccc43)cc2)cc1. The first-order valence-electron chi connectivity index (χ1n) is 16.6.